The van der Waals surface area contributed by atoms with Crippen LogP contribution in [0.4, 0.5) is 19.3 Å². The Kier molecular flexibility index (Phi) is 4.61. The molecule has 0 aliphatic heterocycles. The number of hydrogen-bond acceptors (Lipinski definition) is 3. The average Bonchev–Trinajstić information content (AvgIpc) is 2.46. The van der Waals surface area contributed by atoms with Crippen molar-refractivity contribution >= 4 is 18.1 Å². The maximum atomic E-state index is 13.3. The van der Waals surface area contributed by atoms with E-state index in [2.05, 4.69) is 5.32 Å². The van der Waals surface area contributed by atoms with E-state index in [0.717, 1.165) is 11.6 Å². The highest BCUT2D eigenvalue weighted by Gasteiger charge is 2.13. The number of ether oxygens (including phenoxy) is 1. The van der Waals surface area contributed by atoms with Gasteiger partial charge in [-0.1, -0.05) is 30.3 Å². The van der Waals surface area contributed by atoms with Crippen LogP contribution in [0.5, 0.6) is 0 Å². The van der Waals surface area contributed by atoms with Gasteiger partial charge in [-0.2, -0.15) is 0 Å². The van der Waals surface area contributed by atoms with Crippen molar-refractivity contribution in [1.29, 1.82) is 0 Å². The molecule has 4 nitrogen and oxygen atoms in total. The van der Waals surface area contributed by atoms with Crippen LogP contribution in [-0.2, 0) is 11.3 Å². The van der Waals surface area contributed by atoms with Crippen LogP contribution >= 0.6 is 0 Å². The summed E-state index contributed by atoms with van der Waals surface area (Å²) >= 11 is 0. The number of hydrogen-bond donors (Lipinski definition) is 1. The molecule has 0 heterocycles. The van der Waals surface area contributed by atoms with Crippen molar-refractivity contribution in [2.24, 2.45) is 0 Å². The fourth-order valence-corrected chi connectivity index (χ4v) is 1.68. The molecule has 2 aromatic carbocycles. The van der Waals surface area contributed by atoms with Gasteiger partial charge in [0.05, 0.1) is 11.3 Å². The fraction of sp³-hybridized carbons (Fsp3) is 0.0667. The van der Waals surface area contributed by atoms with E-state index in [-0.39, 0.29) is 18.6 Å². The Balaban J connectivity index is 2.04. The van der Waals surface area contributed by atoms with Crippen LogP contribution in [0.15, 0.2) is 42.5 Å². The van der Waals surface area contributed by atoms with E-state index in [4.69, 9.17) is 4.74 Å². The molecule has 0 spiro atoms. The molecule has 108 valence electrons. The van der Waals surface area contributed by atoms with Gasteiger partial charge < -0.3 is 4.74 Å². The number of halogens is 2. The topological polar surface area (TPSA) is 55.4 Å². The third-order valence-corrected chi connectivity index (χ3v) is 2.66. The van der Waals surface area contributed by atoms with Crippen LogP contribution in [-0.4, -0.2) is 12.4 Å². The molecule has 2 rings (SSSR count). The number of carbonyl (C=O) groups is 2. The SMILES string of the molecule is O=Cc1c(F)cc(F)cc1NC(=O)OCc1ccccc1. The minimum Gasteiger partial charge on any atom is -0.444 e. The summed E-state index contributed by atoms with van der Waals surface area (Å²) in [5.74, 6) is -1.96. The van der Waals surface area contributed by atoms with Gasteiger partial charge in [0, 0.05) is 6.07 Å². The van der Waals surface area contributed by atoms with Gasteiger partial charge in [-0.3, -0.25) is 10.1 Å². The molecular weight excluding hydrogens is 280 g/mol. The normalized spacial score (nSPS) is 10.0. The molecule has 0 saturated carbocycles. The number of nitrogens with one attached hydrogen (secondary N) is 1. The van der Waals surface area contributed by atoms with Gasteiger partial charge in [-0.15, -0.1) is 0 Å². The molecule has 0 fully saturated rings. The second-order valence-electron chi connectivity index (χ2n) is 4.15. The summed E-state index contributed by atoms with van der Waals surface area (Å²) < 4.78 is 31.3. The molecule has 0 radical (unpaired) electrons. The summed E-state index contributed by atoms with van der Waals surface area (Å²) in [6.07, 6.45) is -0.714. The predicted octanol–water partition coefficient (Wildman–Crippen LogP) is 3.53. The van der Waals surface area contributed by atoms with E-state index < -0.39 is 23.3 Å². The van der Waals surface area contributed by atoms with Crippen LogP contribution in [0.3, 0.4) is 0 Å². The zero-order chi connectivity index (χ0) is 15.2. The second kappa shape index (κ2) is 6.60. The molecule has 1 N–H and O–H groups in total. The maximum Gasteiger partial charge on any atom is 0.411 e. The van der Waals surface area contributed by atoms with E-state index in [1.807, 2.05) is 6.07 Å². The standard InChI is InChI=1S/C15H11F2NO3/c16-11-6-13(17)12(8-19)14(7-11)18-15(20)21-9-10-4-2-1-3-5-10/h1-8H,9H2,(H,18,20). The van der Waals surface area contributed by atoms with Crippen molar-refractivity contribution in [2.75, 3.05) is 5.32 Å². The summed E-state index contributed by atoms with van der Waals surface area (Å²) in [5, 5.41) is 2.14. The molecule has 0 bridgehead atoms. The predicted molar refractivity (Wildman–Crippen MR) is 72.0 cm³/mol. The lowest BCUT2D eigenvalue weighted by Crippen LogP contribution is -2.15. The highest BCUT2D eigenvalue weighted by Crippen LogP contribution is 2.19. The van der Waals surface area contributed by atoms with E-state index in [0.29, 0.717) is 6.07 Å². The number of amides is 1. The van der Waals surface area contributed by atoms with Gasteiger partial charge in [0.15, 0.2) is 6.29 Å². The summed E-state index contributed by atoms with van der Waals surface area (Å²) in [7, 11) is 0. The Morgan fingerprint density at radius 2 is 1.90 bits per heavy atom. The molecule has 0 saturated heterocycles. The highest BCUT2D eigenvalue weighted by atomic mass is 19.1. The van der Waals surface area contributed by atoms with Crippen LogP contribution in [0.2, 0.25) is 0 Å². The van der Waals surface area contributed by atoms with Crippen LogP contribution in [0, 0.1) is 11.6 Å². The molecule has 0 aromatic heterocycles. The van der Waals surface area contributed by atoms with Crippen LogP contribution < -0.4 is 5.32 Å². The Morgan fingerprint density at radius 3 is 2.57 bits per heavy atom. The zero-order valence-corrected chi connectivity index (χ0v) is 10.8. The molecule has 6 heteroatoms. The van der Waals surface area contributed by atoms with Gasteiger partial charge in [-0.25, -0.2) is 13.6 Å². The molecule has 0 unspecified atom stereocenters. The van der Waals surface area contributed by atoms with E-state index >= 15 is 0 Å². The monoisotopic (exact) mass is 291 g/mol. The molecule has 0 aliphatic rings. The van der Waals surface area contributed by atoms with Crippen molar-refractivity contribution in [1.82, 2.24) is 0 Å². The number of rotatable bonds is 4. The van der Waals surface area contributed by atoms with Crippen molar-refractivity contribution in [3.8, 4) is 0 Å². The second-order valence-corrected chi connectivity index (χ2v) is 4.15. The van der Waals surface area contributed by atoms with Gasteiger partial charge in [0.25, 0.3) is 0 Å². The fourth-order valence-electron chi connectivity index (χ4n) is 1.68. The number of carbonyl (C=O) groups excluding carboxylic acids is 2. The van der Waals surface area contributed by atoms with Gasteiger partial charge in [0.2, 0.25) is 0 Å². The quantitative estimate of drug-likeness (QED) is 0.877. The molecular formula is C15H11F2NO3. The van der Waals surface area contributed by atoms with Crippen molar-refractivity contribution in [3.63, 3.8) is 0 Å². The third kappa shape index (κ3) is 3.85. The lowest BCUT2D eigenvalue weighted by Gasteiger charge is -2.09. The first-order valence-corrected chi connectivity index (χ1v) is 6.02. The Labute approximate surface area is 119 Å². The highest BCUT2D eigenvalue weighted by molar-refractivity contribution is 5.93. The maximum absolute atomic E-state index is 13.3. The zero-order valence-electron chi connectivity index (χ0n) is 10.8. The van der Waals surface area contributed by atoms with Gasteiger partial charge in [-0.05, 0) is 11.6 Å². The minimum absolute atomic E-state index is 0.000887. The molecule has 2 aromatic rings. The lowest BCUT2D eigenvalue weighted by molar-refractivity contribution is 0.112. The first-order valence-electron chi connectivity index (χ1n) is 6.02. The van der Waals surface area contributed by atoms with E-state index in [9.17, 15) is 18.4 Å². The Morgan fingerprint density at radius 1 is 1.19 bits per heavy atom. The van der Waals surface area contributed by atoms with Crippen molar-refractivity contribution < 1.29 is 23.1 Å². The molecule has 21 heavy (non-hydrogen) atoms. The number of benzene rings is 2. The molecule has 1 amide bonds. The first-order chi connectivity index (χ1) is 10.1. The van der Waals surface area contributed by atoms with Gasteiger partial charge >= 0.3 is 6.09 Å². The van der Waals surface area contributed by atoms with Crippen LogP contribution in [0.1, 0.15) is 15.9 Å². The smallest absolute Gasteiger partial charge is 0.411 e. The van der Waals surface area contributed by atoms with Crippen molar-refractivity contribution in [2.45, 2.75) is 6.61 Å². The molecule has 0 atom stereocenters. The largest absolute Gasteiger partial charge is 0.444 e. The third-order valence-electron chi connectivity index (χ3n) is 2.66. The Hall–Kier alpha value is -2.76. The lowest BCUT2D eigenvalue weighted by atomic mass is 10.2. The summed E-state index contributed by atoms with van der Waals surface area (Å²) in [6, 6.07) is 10.3. The first kappa shape index (κ1) is 14.6. The van der Waals surface area contributed by atoms with E-state index in [1.165, 1.54) is 0 Å². The van der Waals surface area contributed by atoms with Crippen molar-refractivity contribution in [3.05, 3.63) is 65.2 Å². The van der Waals surface area contributed by atoms with Crippen LogP contribution in [0.25, 0.3) is 0 Å². The minimum atomic E-state index is -1.05. The average molecular weight is 291 g/mol. The number of aldehydes is 1. The summed E-state index contributed by atoms with van der Waals surface area (Å²) in [6.45, 7) is 0.000887. The van der Waals surface area contributed by atoms with Gasteiger partial charge in [0.1, 0.15) is 18.2 Å². The summed E-state index contributed by atoms with van der Waals surface area (Å²) in [4.78, 5) is 22.3. The molecule has 0 aliphatic carbocycles. The number of anilines is 1. The van der Waals surface area contributed by atoms with E-state index in [1.54, 1.807) is 24.3 Å². The Bertz CT molecular complexity index is 659. The summed E-state index contributed by atoms with van der Waals surface area (Å²) in [5.41, 5.74) is 0.0438.